The minimum absolute atomic E-state index is 0.0616. The van der Waals surface area contributed by atoms with Crippen molar-refractivity contribution in [1.29, 1.82) is 0 Å². The highest BCUT2D eigenvalue weighted by Gasteiger charge is 2.19. The SMILES string of the molecule is CCCCCCCCCCCCCCCCCCCCCCCCCCCCCCCC(=O)OCC(COC(=O)CCCCCCCCCCC)OC(=O)CCCCCCCCCCCCCC. The van der Waals surface area contributed by atoms with Gasteiger partial charge in [-0.3, -0.25) is 14.4 Å². The Kier molecular flexibility index (Phi) is 56.6. The molecule has 404 valence electrons. The second-order valence-corrected chi connectivity index (χ2v) is 21.3. The van der Waals surface area contributed by atoms with Gasteiger partial charge in [-0.05, 0) is 19.3 Å². The number of hydrogen-bond acceptors (Lipinski definition) is 6. The smallest absolute Gasteiger partial charge is 0.306 e. The van der Waals surface area contributed by atoms with E-state index in [9.17, 15) is 14.4 Å². The number of esters is 3. The van der Waals surface area contributed by atoms with E-state index < -0.39 is 6.10 Å². The zero-order valence-corrected chi connectivity index (χ0v) is 46.4. The predicted octanol–water partition coefficient (Wildman–Crippen LogP) is 20.7. The molecule has 0 N–H and O–H groups in total. The highest BCUT2D eigenvalue weighted by atomic mass is 16.6. The van der Waals surface area contributed by atoms with Crippen LogP contribution in [0.25, 0.3) is 0 Å². The number of carbonyl (C=O) groups excluding carboxylic acids is 3. The Hall–Kier alpha value is -1.59. The average molecular weight is 962 g/mol. The molecule has 0 aromatic heterocycles. The molecule has 1 unspecified atom stereocenters. The highest BCUT2D eigenvalue weighted by Crippen LogP contribution is 2.18. The van der Waals surface area contributed by atoms with Crippen molar-refractivity contribution in [2.75, 3.05) is 13.2 Å². The van der Waals surface area contributed by atoms with E-state index in [-0.39, 0.29) is 31.1 Å². The maximum atomic E-state index is 12.8. The summed E-state index contributed by atoms with van der Waals surface area (Å²) in [5.41, 5.74) is 0. The van der Waals surface area contributed by atoms with Gasteiger partial charge >= 0.3 is 17.9 Å². The molecule has 6 nitrogen and oxygen atoms in total. The minimum Gasteiger partial charge on any atom is -0.462 e. The van der Waals surface area contributed by atoms with Crippen LogP contribution in [-0.2, 0) is 28.6 Å². The lowest BCUT2D eigenvalue weighted by molar-refractivity contribution is -0.167. The van der Waals surface area contributed by atoms with E-state index in [1.165, 1.54) is 263 Å². The molecule has 0 aromatic rings. The zero-order chi connectivity index (χ0) is 49.3. The van der Waals surface area contributed by atoms with Crippen LogP contribution >= 0.6 is 0 Å². The van der Waals surface area contributed by atoms with Crippen molar-refractivity contribution < 1.29 is 28.6 Å². The lowest BCUT2D eigenvalue weighted by Crippen LogP contribution is -2.30. The van der Waals surface area contributed by atoms with Gasteiger partial charge in [0.2, 0.25) is 0 Å². The van der Waals surface area contributed by atoms with Crippen LogP contribution in [0.3, 0.4) is 0 Å². The molecule has 0 aliphatic heterocycles. The summed E-state index contributed by atoms with van der Waals surface area (Å²) < 4.78 is 16.8. The molecule has 0 spiro atoms. The molecule has 0 fully saturated rings. The molecule has 1 atom stereocenters. The Labute approximate surface area is 425 Å². The maximum Gasteiger partial charge on any atom is 0.306 e. The first-order chi connectivity index (χ1) is 33.5. The summed E-state index contributed by atoms with van der Waals surface area (Å²) in [4.78, 5) is 38.0. The molecule has 0 aliphatic rings. The molecule has 0 heterocycles. The zero-order valence-electron chi connectivity index (χ0n) is 46.4. The summed E-state index contributed by atoms with van der Waals surface area (Å²) in [5.74, 6) is -0.839. The van der Waals surface area contributed by atoms with Crippen molar-refractivity contribution in [2.45, 2.75) is 367 Å². The van der Waals surface area contributed by atoms with E-state index in [1.54, 1.807) is 0 Å². The Morgan fingerprint density at radius 3 is 0.588 bits per heavy atom. The maximum absolute atomic E-state index is 12.8. The van der Waals surface area contributed by atoms with E-state index in [2.05, 4.69) is 20.8 Å². The fourth-order valence-electron chi connectivity index (χ4n) is 9.68. The summed E-state index contributed by atoms with van der Waals surface area (Å²) in [6, 6.07) is 0. The number of carbonyl (C=O) groups is 3. The average Bonchev–Trinajstić information content (AvgIpc) is 3.34. The fourth-order valence-corrected chi connectivity index (χ4v) is 9.68. The Bertz CT molecular complexity index is 1010. The second kappa shape index (κ2) is 58.0. The molecule has 0 bridgehead atoms. The van der Waals surface area contributed by atoms with Gasteiger partial charge in [0.25, 0.3) is 0 Å². The molecule has 6 heteroatoms. The monoisotopic (exact) mass is 961 g/mol. The first kappa shape index (κ1) is 66.4. The van der Waals surface area contributed by atoms with Crippen molar-refractivity contribution in [2.24, 2.45) is 0 Å². The largest absolute Gasteiger partial charge is 0.462 e. The van der Waals surface area contributed by atoms with Gasteiger partial charge < -0.3 is 14.2 Å². The molecule has 68 heavy (non-hydrogen) atoms. The van der Waals surface area contributed by atoms with Gasteiger partial charge in [-0.2, -0.15) is 0 Å². The summed E-state index contributed by atoms with van der Waals surface area (Å²) in [7, 11) is 0. The van der Waals surface area contributed by atoms with E-state index >= 15 is 0 Å². The van der Waals surface area contributed by atoms with Crippen LogP contribution in [0.2, 0.25) is 0 Å². The van der Waals surface area contributed by atoms with E-state index in [1.807, 2.05) is 0 Å². The van der Waals surface area contributed by atoms with Crippen LogP contribution in [0.5, 0.6) is 0 Å². The normalized spacial score (nSPS) is 11.9. The Morgan fingerprint density at radius 2 is 0.397 bits per heavy atom. The van der Waals surface area contributed by atoms with Crippen LogP contribution in [-0.4, -0.2) is 37.2 Å². The number of hydrogen-bond donors (Lipinski definition) is 0. The van der Waals surface area contributed by atoms with E-state index in [4.69, 9.17) is 14.2 Å². The highest BCUT2D eigenvalue weighted by molar-refractivity contribution is 5.71. The van der Waals surface area contributed by atoms with E-state index in [0.717, 1.165) is 57.8 Å². The van der Waals surface area contributed by atoms with Crippen LogP contribution in [0, 0.1) is 0 Å². The molecule has 0 amide bonds. The molecular weight excluding hydrogens is 841 g/mol. The molecule has 0 saturated heterocycles. The van der Waals surface area contributed by atoms with Crippen LogP contribution in [0.4, 0.5) is 0 Å². The van der Waals surface area contributed by atoms with Crippen LogP contribution in [0.15, 0.2) is 0 Å². The number of unbranched alkanes of at least 4 members (excludes halogenated alkanes) is 47. The van der Waals surface area contributed by atoms with Gasteiger partial charge in [0.15, 0.2) is 6.10 Å². The number of rotatable bonds is 58. The summed E-state index contributed by atoms with van der Waals surface area (Å²) in [6.07, 6.45) is 65.7. The van der Waals surface area contributed by atoms with Gasteiger partial charge in [-0.1, -0.05) is 323 Å². The molecular formula is C62H120O6. The van der Waals surface area contributed by atoms with Gasteiger partial charge in [-0.25, -0.2) is 0 Å². The fraction of sp³-hybridized carbons (Fsp3) is 0.952. The number of ether oxygens (including phenoxy) is 3. The molecule has 0 saturated carbocycles. The Morgan fingerprint density at radius 1 is 0.235 bits per heavy atom. The molecule has 0 rings (SSSR count). The third-order valence-corrected chi connectivity index (χ3v) is 14.4. The van der Waals surface area contributed by atoms with E-state index in [0.29, 0.717) is 19.3 Å². The van der Waals surface area contributed by atoms with Crippen molar-refractivity contribution >= 4 is 17.9 Å². The minimum atomic E-state index is -0.760. The first-order valence-corrected chi connectivity index (χ1v) is 31.0. The topological polar surface area (TPSA) is 78.9 Å². The van der Waals surface area contributed by atoms with Crippen molar-refractivity contribution in [3.05, 3.63) is 0 Å². The van der Waals surface area contributed by atoms with Gasteiger partial charge in [0.1, 0.15) is 13.2 Å². The lowest BCUT2D eigenvalue weighted by Gasteiger charge is -2.18. The standard InChI is InChI=1S/C62H120O6/c1-4-7-10-13-16-19-21-23-24-25-26-27-28-29-30-31-32-33-34-35-36-37-38-39-41-43-46-49-52-55-61(64)67-58-59(57-66-60(63)54-51-48-45-42-18-15-12-9-6-3)68-62(65)56-53-50-47-44-40-22-20-17-14-11-8-5-2/h59H,4-58H2,1-3H3. The van der Waals surface area contributed by atoms with Crippen molar-refractivity contribution in [1.82, 2.24) is 0 Å². The second-order valence-electron chi connectivity index (χ2n) is 21.3. The summed E-state index contributed by atoms with van der Waals surface area (Å²) in [5, 5.41) is 0. The summed E-state index contributed by atoms with van der Waals surface area (Å²) >= 11 is 0. The van der Waals surface area contributed by atoms with Crippen molar-refractivity contribution in [3.63, 3.8) is 0 Å². The first-order valence-electron chi connectivity index (χ1n) is 31.0. The van der Waals surface area contributed by atoms with Gasteiger partial charge in [0, 0.05) is 19.3 Å². The predicted molar refractivity (Wildman–Crippen MR) is 294 cm³/mol. The molecule has 0 aromatic carbocycles. The third-order valence-electron chi connectivity index (χ3n) is 14.4. The third kappa shape index (κ3) is 55.3. The lowest BCUT2D eigenvalue weighted by atomic mass is 10.0. The van der Waals surface area contributed by atoms with Gasteiger partial charge in [-0.15, -0.1) is 0 Å². The van der Waals surface area contributed by atoms with Crippen molar-refractivity contribution in [3.8, 4) is 0 Å². The quantitative estimate of drug-likeness (QED) is 0.0343. The van der Waals surface area contributed by atoms with Gasteiger partial charge in [0.05, 0.1) is 0 Å². The molecule has 0 radical (unpaired) electrons. The van der Waals surface area contributed by atoms with Crippen LogP contribution in [0.1, 0.15) is 361 Å². The van der Waals surface area contributed by atoms with Crippen LogP contribution < -0.4 is 0 Å². The summed E-state index contributed by atoms with van der Waals surface area (Å²) in [6.45, 7) is 6.68. The molecule has 0 aliphatic carbocycles. The Balaban J connectivity index is 3.99.